The Morgan fingerprint density at radius 1 is 1.53 bits per heavy atom. The largest absolute Gasteiger partial charge is 0.465 e. The molecule has 1 rings (SSSR count). The summed E-state index contributed by atoms with van der Waals surface area (Å²) in [5.74, 6) is 1.84. The number of esters is 1. The van der Waals surface area contributed by atoms with Crippen LogP contribution in [-0.2, 0) is 4.74 Å². The van der Waals surface area contributed by atoms with Gasteiger partial charge in [-0.05, 0) is 37.0 Å². The van der Waals surface area contributed by atoms with Gasteiger partial charge in [0, 0.05) is 6.04 Å². The molecule has 0 heterocycles. The van der Waals surface area contributed by atoms with Gasteiger partial charge in [0.05, 0.1) is 24.0 Å². The van der Waals surface area contributed by atoms with Gasteiger partial charge in [-0.3, -0.25) is 0 Å². The molecule has 1 aromatic carbocycles. The lowest BCUT2D eigenvalue weighted by Crippen LogP contribution is -2.19. The van der Waals surface area contributed by atoms with E-state index in [0.29, 0.717) is 16.9 Å². The summed E-state index contributed by atoms with van der Waals surface area (Å²) in [6, 6.07) is 5.51. The molecule has 1 atom stereocenters. The van der Waals surface area contributed by atoms with Crippen molar-refractivity contribution in [2.75, 3.05) is 29.7 Å². The number of ether oxygens (including phenoxy) is 1. The third-order valence-electron chi connectivity index (χ3n) is 2.79. The van der Waals surface area contributed by atoms with Gasteiger partial charge >= 0.3 is 5.97 Å². The normalized spacial score (nSPS) is 11.9. The number of thioether (sulfide) groups is 1. The summed E-state index contributed by atoms with van der Waals surface area (Å²) in [5.41, 5.74) is 7.66. The lowest BCUT2D eigenvalue weighted by atomic mass is 10.1. The predicted molar refractivity (Wildman–Crippen MR) is 82.9 cm³/mol. The number of methoxy groups -OCH3 is 1. The van der Waals surface area contributed by atoms with E-state index in [0.717, 1.165) is 17.9 Å². The zero-order valence-electron chi connectivity index (χ0n) is 11.7. The molecular formula is C14H22N2O2S. The topological polar surface area (TPSA) is 64.3 Å². The fraction of sp³-hybridized carbons (Fsp3) is 0.500. The molecule has 0 saturated carbocycles. The molecule has 19 heavy (non-hydrogen) atoms. The van der Waals surface area contributed by atoms with E-state index >= 15 is 0 Å². The summed E-state index contributed by atoms with van der Waals surface area (Å²) in [5, 5.41) is 3.31. The van der Waals surface area contributed by atoms with Crippen molar-refractivity contribution in [3.8, 4) is 0 Å². The van der Waals surface area contributed by atoms with Crippen LogP contribution in [0, 0.1) is 0 Å². The van der Waals surface area contributed by atoms with Crippen LogP contribution in [0.15, 0.2) is 18.2 Å². The van der Waals surface area contributed by atoms with Crippen LogP contribution in [0.25, 0.3) is 0 Å². The highest BCUT2D eigenvalue weighted by atomic mass is 32.2. The van der Waals surface area contributed by atoms with Gasteiger partial charge in [-0.1, -0.05) is 13.0 Å². The number of carbonyl (C=O) groups is 1. The molecule has 0 aliphatic heterocycles. The fourth-order valence-corrected chi connectivity index (χ4v) is 2.54. The molecular weight excluding hydrogens is 260 g/mol. The molecule has 0 amide bonds. The maximum atomic E-state index is 11.7. The molecule has 3 N–H and O–H groups in total. The molecule has 4 nitrogen and oxygen atoms in total. The number of hydrogen-bond donors (Lipinski definition) is 2. The van der Waals surface area contributed by atoms with Gasteiger partial charge < -0.3 is 15.8 Å². The maximum absolute atomic E-state index is 11.7. The first-order valence-electron chi connectivity index (χ1n) is 6.41. The van der Waals surface area contributed by atoms with Gasteiger partial charge in [-0.15, -0.1) is 0 Å². The number of benzene rings is 1. The Morgan fingerprint density at radius 3 is 2.89 bits per heavy atom. The van der Waals surface area contributed by atoms with Crippen LogP contribution in [0.5, 0.6) is 0 Å². The Hall–Kier alpha value is -1.36. The van der Waals surface area contributed by atoms with Gasteiger partial charge in [0.25, 0.3) is 0 Å². The maximum Gasteiger partial charge on any atom is 0.340 e. The molecule has 0 aliphatic rings. The molecule has 0 spiro atoms. The van der Waals surface area contributed by atoms with Crippen molar-refractivity contribution in [1.29, 1.82) is 0 Å². The fourth-order valence-electron chi connectivity index (χ4n) is 1.73. The molecule has 0 aliphatic carbocycles. The van der Waals surface area contributed by atoms with Crippen molar-refractivity contribution in [3.63, 3.8) is 0 Å². The highest BCUT2D eigenvalue weighted by Gasteiger charge is 2.15. The Bertz CT molecular complexity index is 424. The van der Waals surface area contributed by atoms with E-state index < -0.39 is 0 Å². The van der Waals surface area contributed by atoms with E-state index in [1.54, 1.807) is 18.2 Å². The highest BCUT2D eigenvalue weighted by molar-refractivity contribution is 7.99. The van der Waals surface area contributed by atoms with Gasteiger partial charge in [0.15, 0.2) is 0 Å². The average Bonchev–Trinajstić information content (AvgIpc) is 2.40. The van der Waals surface area contributed by atoms with Crippen LogP contribution in [0.2, 0.25) is 0 Å². The molecule has 1 unspecified atom stereocenters. The van der Waals surface area contributed by atoms with E-state index in [2.05, 4.69) is 19.2 Å². The Balaban J connectivity index is 2.78. The standard InChI is InChI=1S/C14H22N2O2S/c1-4-19-9-8-10(2)16-13-11(14(17)18-3)6-5-7-12(13)15/h5-7,10,16H,4,8-9,15H2,1-3H3. The summed E-state index contributed by atoms with van der Waals surface area (Å²) in [6.07, 6.45) is 1.02. The number of rotatable bonds is 7. The summed E-state index contributed by atoms with van der Waals surface area (Å²) in [7, 11) is 1.37. The van der Waals surface area contributed by atoms with Crippen LogP contribution in [0.4, 0.5) is 11.4 Å². The third-order valence-corrected chi connectivity index (χ3v) is 3.72. The first kappa shape index (κ1) is 15.7. The lowest BCUT2D eigenvalue weighted by molar-refractivity contribution is 0.0602. The molecule has 1 aromatic rings. The number of para-hydroxylation sites is 1. The van der Waals surface area contributed by atoms with Crippen LogP contribution in [0.3, 0.4) is 0 Å². The number of nitrogen functional groups attached to an aromatic ring is 1. The minimum absolute atomic E-state index is 0.257. The first-order valence-corrected chi connectivity index (χ1v) is 7.56. The molecule has 0 bridgehead atoms. The van der Waals surface area contributed by atoms with Crippen molar-refractivity contribution in [2.45, 2.75) is 26.3 Å². The summed E-state index contributed by atoms with van der Waals surface area (Å²) in [6.45, 7) is 4.23. The molecule has 106 valence electrons. The molecule has 0 fully saturated rings. The van der Waals surface area contributed by atoms with Crippen molar-refractivity contribution >= 4 is 29.1 Å². The van der Waals surface area contributed by atoms with Gasteiger partial charge in [0.1, 0.15) is 0 Å². The van der Waals surface area contributed by atoms with Crippen molar-refractivity contribution in [1.82, 2.24) is 0 Å². The Labute approximate surface area is 119 Å². The lowest BCUT2D eigenvalue weighted by Gasteiger charge is -2.18. The number of nitrogens with one attached hydrogen (secondary N) is 1. The minimum Gasteiger partial charge on any atom is -0.465 e. The Kier molecular flexibility index (Phi) is 6.56. The molecule has 0 aromatic heterocycles. The van der Waals surface area contributed by atoms with E-state index in [-0.39, 0.29) is 12.0 Å². The van der Waals surface area contributed by atoms with Gasteiger partial charge in [-0.2, -0.15) is 11.8 Å². The highest BCUT2D eigenvalue weighted by Crippen LogP contribution is 2.25. The Morgan fingerprint density at radius 2 is 2.26 bits per heavy atom. The monoisotopic (exact) mass is 282 g/mol. The SMILES string of the molecule is CCSCCC(C)Nc1c(N)cccc1C(=O)OC. The molecule has 0 saturated heterocycles. The van der Waals surface area contributed by atoms with Gasteiger partial charge in [-0.25, -0.2) is 4.79 Å². The number of hydrogen-bond acceptors (Lipinski definition) is 5. The second kappa shape index (κ2) is 7.94. The zero-order chi connectivity index (χ0) is 14.3. The number of anilines is 2. The summed E-state index contributed by atoms with van der Waals surface area (Å²) < 4.78 is 4.77. The summed E-state index contributed by atoms with van der Waals surface area (Å²) in [4.78, 5) is 11.7. The van der Waals surface area contributed by atoms with E-state index in [4.69, 9.17) is 10.5 Å². The van der Waals surface area contributed by atoms with E-state index in [1.807, 2.05) is 11.8 Å². The second-order valence-corrected chi connectivity index (χ2v) is 5.69. The van der Waals surface area contributed by atoms with Gasteiger partial charge in [0.2, 0.25) is 0 Å². The summed E-state index contributed by atoms with van der Waals surface area (Å²) >= 11 is 1.90. The van der Waals surface area contributed by atoms with Crippen molar-refractivity contribution < 1.29 is 9.53 Å². The van der Waals surface area contributed by atoms with E-state index in [9.17, 15) is 4.79 Å². The van der Waals surface area contributed by atoms with Crippen LogP contribution < -0.4 is 11.1 Å². The smallest absolute Gasteiger partial charge is 0.340 e. The average molecular weight is 282 g/mol. The quantitative estimate of drug-likeness (QED) is 0.457. The zero-order valence-corrected chi connectivity index (χ0v) is 12.5. The minimum atomic E-state index is -0.370. The molecule has 5 heteroatoms. The first-order chi connectivity index (χ1) is 9.10. The number of nitrogens with two attached hydrogens (primary N) is 1. The van der Waals surface area contributed by atoms with Crippen LogP contribution >= 0.6 is 11.8 Å². The number of carbonyl (C=O) groups excluding carboxylic acids is 1. The van der Waals surface area contributed by atoms with Crippen LogP contribution in [-0.4, -0.2) is 30.6 Å². The third kappa shape index (κ3) is 4.67. The van der Waals surface area contributed by atoms with Crippen molar-refractivity contribution in [2.24, 2.45) is 0 Å². The van der Waals surface area contributed by atoms with Crippen LogP contribution in [0.1, 0.15) is 30.6 Å². The predicted octanol–water partition coefficient (Wildman–Crippen LogP) is 3.00. The molecule has 0 radical (unpaired) electrons. The van der Waals surface area contributed by atoms with Crippen molar-refractivity contribution in [3.05, 3.63) is 23.8 Å². The second-order valence-electron chi connectivity index (χ2n) is 4.29. The van der Waals surface area contributed by atoms with E-state index in [1.165, 1.54) is 7.11 Å².